The summed E-state index contributed by atoms with van der Waals surface area (Å²) in [7, 11) is 1.61. The molecule has 0 saturated carbocycles. The molecule has 6 nitrogen and oxygen atoms in total. The van der Waals surface area contributed by atoms with Crippen LogP contribution < -0.4 is 14.8 Å². The molecular weight excluding hydrogens is 350 g/mol. The molecule has 0 spiro atoms. The summed E-state index contributed by atoms with van der Waals surface area (Å²) in [5.74, 6) is 1.72. The van der Waals surface area contributed by atoms with Crippen molar-refractivity contribution in [2.75, 3.05) is 19.0 Å². The Morgan fingerprint density at radius 2 is 1.77 bits per heavy atom. The number of methoxy groups -OCH3 is 1. The molecule has 3 rings (SSSR count). The number of anilines is 1. The first kappa shape index (κ1) is 17.9. The van der Waals surface area contributed by atoms with Crippen LogP contribution in [0.5, 0.6) is 11.5 Å². The minimum Gasteiger partial charge on any atom is -0.497 e. The molecule has 2 aromatic carbocycles. The van der Waals surface area contributed by atoms with Crippen LogP contribution in [-0.2, 0) is 4.79 Å². The van der Waals surface area contributed by atoms with Crippen LogP contribution in [0.25, 0.3) is 11.4 Å². The number of amides is 1. The predicted molar refractivity (Wildman–Crippen MR) is 102 cm³/mol. The van der Waals surface area contributed by atoms with E-state index in [1.807, 2.05) is 50.2 Å². The molecule has 0 bridgehead atoms. The highest BCUT2D eigenvalue weighted by atomic mass is 32.1. The highest BCUT2D eigenvalue weighted by Crippen LogP contribution is 2.23. The lowest BCUT2D eigenvalue weighted by molar-refractivity contribution is -0.118. The third kappa shape index (κ3) is 4.58. The number of rotatable bonds is 6. The van der Waals surface area contributed by atoms with Crippen LogP contribution in [0.4, 0.5) is 5.13 Å². The third-order valence-corrected chi connectivity index (χ3v) is 4.22. The zero-order chi connectivity index (χ0) is 18.5. The second kappa shape index (κ2) is 7.97. The SMILES string of the molecule is COc1ccc(-c2nsc(NC(=O)COc3cc(C)cc(C)c3)n2)cc1. The molecule has 1 amide bonds. The second-order valence-corrected chi connectivity index (χ2v) is 6.56. The maximum Gasteiger partial charge on any atom is 0.264 e. The van der Waals surface area contributed by atoms with E-state index in [1.54, 1.807) is 7.11 Å². The lowest BCUT2D eigenvalue weighted by Crippen LogP contribution is -2.20. The van der Waals surface area contributed by atoms with E-state index in [0.29, 0.717) is 16.7 Å². The molecule has 1 aromatic heterocycles. The predicted octanol–water partition coefficient (Wildman–Crippen LogP) is 3.85. The number of hydrogen-bond donors (Lipinski definition) is 1. The van der Waals surface area contributed by atoms with Crippen molar-refractivity contribution < 1.29 is 14.3 Å². The van der Waals surface area contributed by atoms with Gasteiger partial charge in [-0.1, -0.05) is 6.07 Å². The van der Waals surface area contributed by atoms with Gasteiger partial charge in [0.2, 0.25) is 5.13 Å². The number of carbonyl (C=O) groups excluding carboxylic acids is 1. The molecule has 0 aliphatic carbocycles. The molecule has 0 radical (unpaired) electrons. The molecule has 0 aliphatic rings. The smallest absolute Gasteiger partial charge is 0.264 e. The number of aromatic nitrogens is 2. The number of hydrogen-bond acceptors (Lipinski definition) is 6. The first-order valence-electron chi connectivity index (χ1n) is 8.02. The summed E-state index contributed by atoms with van der Waals surface area (Å²) in [6.45, 7) is 3.89. The first-order valence-corrected chi connectivity index (χ1v) is 8.80. The molecule has 7 heteroatoms. The van der Waals surface area contributed by atoms with Crippen LogP contribution in [0.3, 0.4) is 0 Å². The van der Waals surface area contributed by atoms with Crippen LogP contribution in [0, 0.1) is 13.8 Å². The fourth-order valence-electron chi connectivity index (χ4n) is 2.45. The van der Waals surface area contributed by atoms with Crippen molar-refractivity contribution >= 4 is 22.6 Å². The Balaban J connectivity index is 1.58. The Morgan fingerprint density at radius 1 is 1.08 bits per heavy atom. The molecule has 26 heavy (non-hydrogen) atoms. The van der Waals surface area contributed by atoms with E-state index in [1.165, 1.54) is 0 Å². The largest absolute Gasteiger partial charge is 0.497 e. The van der Waals surface area contributed by atoms with Gasteiger partial charge in [-0.25, -0.2) is 0 Å². The van der Waals surface area contributed by atoms with E-state index >= 15 is 0 Å². The highest BCUT2D eigenvalue weighted by Gasteiger charge is 2.10. The summed E-state index contributed by atoms with van der Waals surface area (Å²) in [5.41, 5.74) is 3.04. The maximum atomic E-state index is 12.1. The van der Waals surface area contributed by atoms with Gasteiger partial charge in [0.05, 0.1) is 7.11 Å². The van der Waals surface area contributed by atoms with Gasteiger partial charge in [0.25, 0.3) is 5.91 Å². The van der Waals surface area contributed by atoms with Crippen molar-refractivity contribution in [3.63, 3.8) is 0 Å². The monoisotopic (exact) mass is 369 g/mol. The fraction of sp³-hybridized carbons (Fsp3) is 0.211. The fourth-order valence-corrected chi connectivity index (χ4v) is 3.06. The lowest BCUT2D eigenvalue weighted by Gasteiger charge is -2.07. The van der Waals surface area contributed by atoms with Crippen LogP contribution in [0.2, 0.25) is 0 Å². The van der Waals surface area contributed by atoms with Gasteiger partial charge < -0.3 is 9.47 Å². The highest BCUT2D eigenvalue weighted by molar-refractivity contribution is 7.10. The number of carbonyl (C=O) groups is 1. The Morgan fingerprint density at radius 3 is 2.42 bits per heavy atom. The molecule has 0 fully saturated rings. The molecular formula is C19H19N3O3S. The summed E-state index contributed by atoms with van der Waals surface area (Å²) in [6.07, 6.45) is 0. The number of nitrogens with one attached hydrogen (secondary N) is 1. The molecule has 3 aromatic rings. The van der Waals surface area contributed by atoms with E-state index in [9.17, 15) is 4.79 Å². The van der Waals surface area contributed by atoms with Gasteiger partial charge in [-0.15, -0.1) is 0 Å². The lowest BCUT2D eigenvalue weighted by atomic mass is 10.1. The van der Waals surface area contributed by atoms with E-state index < -0.39 is 0 Å². The zero-order valence-electron chi connectivity index (χ0n) is 14.8. The molecule has 0 atom stereocenters. The molecule has 0 aliphatic heterocycles. The standard InChI is InChI=1S/C19H19N3O3S/c1-12-8-13(2)10-16(9-12)25-11-17(23)20-19-21-18(22-26-19)14-4-6-15(24-3)7-5-14/h4-10H,11H2,1-3H3,(H,20,21,22,23). The average Bonchev–Trinajstić information content (AvgIpc) is 3.08. The Hall–Kier alpha value is -2.93. The number of aryl methyl sites for hydroxylation is 2. The van der Waals surface area contributed by atoms with E-state index in [4.69, 9.17) is 9.47 Å². The minimum absolute atomic E-state index is 0.0830. The maximum absolute atomic E-state index is 12.1. The first-order chi connectivity index (χ1) is 12.5. The third-order valence-electron chi connectivity index (χ3n) is 3.59. The summed E-state index contributed by atoms with van der Waals surface area (Å²) < 4.78 is 15.0. The Labute approximate surface area is 156 Å². The van der Waals surface area contributed by atoms with Gasteiger partial charge in [0, 0.05) is 17.1 Å². The molecule has 1 N–H and O–H groups in total. The van der Waals surface area contributed by atoms with Crippen molar-refractivity contribution in [3.8, 4) is 22.9 Å². The van der Waals surface area contributed by atoms with Gasteiger partial charge in [-0.05, 0) is 61.4 Å². The number of benzene rings is 2. The topological polar surface area (TPSA) is 73.3 Å². The quantitative estimate of drug-likeness (QED) is 0.714. The van der Waals surface area contributed by atoms with Crippen molar-refractivity contribution in [2.24, 2.45) is 0 Å². The second-order valence-electron chi connectivity index (χ2n) is 5.81. The van der Waals surface area contributed by atoms with Gasteiger partial charge in [0.1, 0.15) is 11.5 Å². The summed E-state index contributed by atoms with van der Waals surface area (Å²) in [6, 6.07) is 13.3. The van der Waals surface area contributed by atoms with Gasteiger partial charge in [-0.2, -0.15) is 9.36 Å². The summed E-state index contributed by atoms with van der Waals surface area (Å²) in [5, 5.41) is 3.15. The number of nitrogens with zero attached hydrogens (tertiary/aromatic N) is 2. The van der Waals surface area contributed by atoms with Gasteiger partial charge >= 0.3 is 0 Å². The molecule has 0 unspecified atom stereocenters. The molecule has 1 heterocycles. The van der Waals surface area contributed by atoms with E-state index in [2.05, 4.69) is 20.7 Å². The van der Waals surface area contributed by atoms with Gasteiger partial charge in [0.15, 0.2) is 12.4 Å². The van der Waals surface area contributed by atoms with Crippen molar-refractivity contribution in [1.29, 1.82) is 0 Å². The van der Waals surface area contributed by atoms with Crippen LogP contribution in [-0.4, -0.2) is 29.0 Å². The average molecular weight is 369 g/mol. The van der Waals surface area contributed by atoms with E-state index in [0.717, 1.165) is 34.0 Å². The Kier molecular flexibility index (Phi) is 5.48. The molecule has 0 saturated heterocycles. The van der Waals surface area contributed by atoms with Crippen molar-refractivity contribution in [2.45, 2.75) is 13.8 Å². The van der Waals surface area contributed by atoms with Crippen molar-refractivity contribution in [3.05, 3.63) is 53.6 Å². The summed E-state index contributed by atoms with van der Waals surface area (Å²) >= 11 is 1.13. The van der Waals surface area contributed by atoms with Crippen LogP contribution in [0.1, 0.15) is 11.1 Å². The zero-order valence-corrected chi connectivity index (χ0v) is 15.6. The Bertz CT molecular complexity index is 886. The summed E-state index contributed by atoms with van der Waals surface area (Å²) in [4.78, 5) is 16.4. The number of ether oxygens (including phenoxy) is 2. The van der Waals surface area contributed by atoms with Gasteiger partial charge in [-0.3, -0.25) is 10.1 Å². The normalized spacial score (nSPS) is 10.4. The minimum atomic E-state index is -0.276. The molecule has 134 valence electrons. The van der Waals surface area contributed by atoms with Crippen molar-refractivity contribution in [1.82, 2.24) is 9.36 Å². The van der Waals surface area contributed by atoms with Crippen LogP contribution >= 0.6 is 11.5 Å². The van der Waals surface area contributed by atoms with Crippen LogP contribution in [0.15, 0.2) is 42.5 Å². The van der Waals surface area contributed by atoms with E-state index in [-0.39, 0.29) is 12.5 Å².